The summed E-state index contributed by atoms with van der Waals surface area (Å²) in [5, 5.41) is 9.53. The molecule has 4 nitrogen and oxygen atoms in total. The van der Waals surface area contributed by atoms with Gasteiger partial charge in [-0.1, -0.05) is 0 Å². The van der Waals surface area contributed by atoms with E-state index < -0.39 is 6.10 Å². The molecule has 14 heavy (non-hydrogen) atoms. The van der Waals surface area contributed by atoms with Crippen LogP contribution in [0, 0.1) is 13.8 Å². The van der Waals surface area contributed by atoms with Gasteiger partial charge in [-0.25, -0.2) is 0 Å². The first-order valence-electron chi connectivity index (χ1n) is 4.59. The van der Waals surface area contributed by atoms with Crippen LogP contribution in [0.1, 0.15) is 17.1 Å². The molecule has 1 aromatic rings. The second-order valence-electron chi connectivity index (χ2n) is 3.36. The molecule has 0 aromatic carbocycles. The summed E-state index contributed by atoms with van der Waals surface area (Å²) in [6.07, 6.45) is 1.71. The third-order valence-corrected chi connectivity index (χ3v) is 1.96. The second kappa shape index (κ2) is 5.02. The molecular weight excluding hydrogens is 180 g/mol. The molecule has 1 N–H and O–H groups in total. The Kier molecular flexibility index (Phi) is 3.98. The predicted molar refractivity (Wildman–Crippen MR) is 53.1 cm³/mol. The Labute approximate surface area is 84.0 Å². The smallest absolute Gasteiger partial charge is 0.0829 e. The number of aromatic nitrogens is 2. The highest BCUT2D eigenvalue weighted by atomic mass is 16.5. The first-order valence-corrected chi connectivity index (χ1v) is 4.59. The number of methoxy groups -OCH3 is 1. The van der Waals surface area contributed by atoms with Crippen molar-refractivity contribution in [2.45, 2.75) is 26.4 Å². The van der Waals surface area contributed by atoms with Crippen LogP contribution in [0.25, 0.3) is 0 Å². The van der Waals surface area contributed by atoms with Crippen LogP contribution in [0.4, 0.5) is 0 Å². The van der Waals surface area contributed by atoms with Crippen LogP contribution in [0.3, 0.4) is 0 Å². The van der Waals surface area contributed by atoms with E-state index in [0.717, 1.165) is 17.1 Å². The lowest BCUT2D eigenvalue weighted by atomic mass is 10.1. The number of aliphatic hydroxyl groups excluding tert-OH is 1. The van der Waals surface area contributed by atoms with E-state index in [-0.39, 0.29) is 0 Å². The Hall–Kier alpha value is -1.00. The highest BCUT2D eigenvalue weighted by molar-refractivity contribution is 5.12. The van der Waals surface area contributed by atoms with Gasteiger partial charge in [-0.05, 0) is 13.8 Å². The summed E-state index contributed by atoms with van der Waals surface area (Å²) in [5.74, 6) is 0. The topological polar surface area (TPSA) is 55.2 Å². The first kappa shape index (κ1) is 11.1. The zero-order valence-corrected chi connectivity index (χ0v) is 8.82. The molecular formula is C10H16N2O2. The molecule has 0 aliphatic rings. The minimum Gasteiger partial charge on any atom is -0.390 e. The zero-order valence-electron chi connectivity index (χ0n) is 8.82. The number of hydrogen-bond donors (Lipinski definition) is 1. The van der Waals surface area contributed by atoms with Crippen LogP contribution in [0.5, 0.6) is 0 Å². The second-order valence-corrected chi connectivity index (χ2v) is 3.36. The van der Waals surface area contributed by atoms with Crippen molar-refractivity contribution in [1.29, 1.82) is 0 Å². The third-order valence-electron chi connectivity index (χ3n) is 1.96. The molecule has 1 heterocycles. The summed E-state index contributed by atoms with van der Waals surface area (Å²) < 4.78 is 4.85. The van der Waals surface area contributed by atoms with Crippen LogP contribution in [0.15, 0.2) is 6.20 Å². The van der Waals surface area contributed by atoms with Crippen molar-refractivity contribution in [3.05, 3.63) is 23.3 Å². The van der Waals surface area contributed by atoms with Crippen LogP contribution < -0.4 is 0 Å². The summed E-state index contributed by atoms with van der Waals surface area (Å²) >= 11 is 0. The summed E-state index contributed by atoms with van der Waals surface area (Å²) in [5.41, 5.74) is 2.58. The molecule has 1 atom stereocenters. The van der Waals surface area contributed by atoms with Gasteiger partial charge in [0.1, 0.15) is 0 Å². The highest BCUT2D eigenvalue weighted by Gasteiger charge is 2.09. The number of hydrogen-bond acceptors (Lipinski definition) is 4. The van der Waals surface area contributed by atoms with Gasteiger partial charge in [-0.15, -0.1) is 0 Å². The molecule has 0 aliphatic carbocycles. The monoisotopic (exact) mass is 196 g/mol. The summed E-state index contributed by atoms with van der Waals surface area (Å²) in [6.45, 7) is 4.11. The van der Waals surface area contributed by atoms with Crippen LogP contribution in [0.2, 0.25) is 0 Å². The van der Waals surface area contributed by atoms with E-state index >= 15 is 0 Å². The minimum absolute atomic E-state index is 0.328. The zero-order chi connectivity index (χ0) is 10.6. The molecule has 0 amide bonds. The number of aliphatic hydroxyl groups is 1. The fraction of sp³-hybridized carbons (Fsp3) is 0.600. The largest absolute Gasteiger partial charge is 0.390 e. The van der Waals surface area contributed by atoms with Crippen molar-refractivity contribution in [1.82, 2.24) is 9.97 Å². The lowest BCUT2D eigenvalue weighted by Crippen LogP contribution is -2.18. The van der Waals surface area contributed by atoms with Gasteiger partial charge in [-0.3, -0.25) is 9.97 Å². The summed E-state index contributed by atoms with van der Waals surface area (Å²) in [6, 6.07) is 0. The normalized spacial score (nSPS) is 12.9. The maximum absolute atomic E-state index is 9.53. The molecule has 1 unspecified atom stereocenters. The number of rotatable bonds is 4. The quantitative estimate of drug-likeness (QED) is 0.768. The fourth-order valence-corrected chi connectivity index (χ4v) is 1.26. The van der Waals surface area contributed by atoms with Crippen molar-refractivity contribution in [2.24, 2.45) is 0 Å². The summed E-state index contributed by atoms with van der Waals surface area (Å²) in [7, 11) is 1.57. The van der Waals surface area contributed by atoms with Crippen molar-refractivity contribution >= 4 is 0 Å². The average Bonchev–Trinajstić information content (AvgIpc) is 2.12. The van der Waals surface area contributed by atoms with Gasteiger partial charge in [0, 0.05) is 19.7 Å². The van der Waals surface area contributed by atoms with Crippen LogP contribution in [-0.2, 0) is 11.2 Å². The van der Waals surface area contributed by atoms with E-state index in [4.69, 9.17) is 4.74 Å². The SMILES string of the molecule is COCC(O)Cc1nc(C)cnc1C. The molecule has 0 aliphatic heterocycles. The number of ether oxygens (including phenoxy) is 1. The minimum atomic E-state index is -0.505. The number of nitrogens with zero attached hydrogens (tertiary/aromatic N) is 2. The van der Waals surface area contributed by atoms with E-state index in [1.165, 1.54) is 0 Å². The Morgan fingerprint density at radius 2 is 2.21 bits per heavy atom. The third kappa shape index (κ3) is 3.05. The fourth-order valence-electron chi connectivity index (χ4n) is 1.26. The van der Waals surface area contributed by atoms with Gasteiger partial charge in [0.15, 0.2) is 0 Å². The molecule has 0 spiro atoms. The lowest BCUT2D eigenvalue weighted by Gasteiger charge is -2.10. The van der Waals surface area contributed by atoms with E-state index in [1.807, 2.05) is 13.8 Å². The van der Waals surface area contributed by atoms with Crippen molar-refractivity contribution in [2.75, 3.05) is 13.7 Å². The Bertz CT molecular complexity index is 302. The molecule has 4 heteroatoms. The van der Waals surface area contributed by atoms with Crippen molar-refractivity contribution < 1.29 is 9.84 Å². The predicted octanol–water partition coefficient (Wildman–Crippen LogP) is 0.643. The molecule has 1 aromatic heterocycles. The Morgan fingerprint density at radius 1 is 1.50 bits per heavy atom. The van der Waals surface area contributed by atoms with Gasteiger partial charge in [0.05, 0.1) is 29.8 Å². The molecule has 0 fully saturated rings. The van der Waals surface area contributed by atoms with Gasteiger partial charge in [-0.2, -0.15) is 0 Å². The van der Waals surface area contributed by atoms with Crippen molar-refractivity contribution in [3.8, 4) is 0 Å². The van der Waals surface area contributed by atoms with E-state index in [1.54, 1.807) is 13.3 Å². The van der Waals surface area contributed by atoms with Crippen LogP contribution >= 0.6 is 0 Å². The molecule has 0 radical (unpaired) electrons. The van der Waals surface area contributed by atoms with E-state index in [2.05, 4.69) is 9.97 Å². The standard InChI is InChI=1S/C10H16N2O2/c1-7-5-11-8(2)10(12-7)4-9(13)6-14-3/h5,9,13H,4,6H2,1-3H3. The Balaban J connectivity index is 2.70. The Morgan fingerprint density at radius 3 is 2.86 bits per heavy atom. The van der Waals surface area contributed by atoms with Gasteiger partial charge in [0.25, 0.3) is 0 Å². The molecule has 1 rings (SSSR count). The average molecular weight is 196 g/mol. The highest BCUT2D eigenvalue weighted by Crippen LogP contribution is 2.05. The molecule has 0 saturated carbocycles. The maximum Gasteiger partial charge on any atom is 0.0829 e. The maximum atomic E-state index is 9.53. The summed E-state index contributed by atoms with van der Waals surface area (Å²) in [4.78, 5) is 8.49. The first-order chi connectivity index (χ1) is 6.63. The van der Waals surface area contributed by atoms with Crippen molar-refractivity contribution in [3.63, 3.8) is 0 Å². The van der Waals surface area contributed by atoms with E-state index in [0.29, 0.717) is 13.0 Å². The molecule has 78 valence electrons. The van der Waals surface area contributed by atoms with Gasteiger partial charge < -0.3 is 9.84 Å². The molecule has 0 bridgehead atoms. The lowest BCUT2D eigenvalue weighted by molar-refractivity contribution is 0.0642. The van der Waals surface area contributed by atoms with Crippen LogP contribution in [-0.4, -0.2) is 34.9 Å². The number of aryl methyl sites for hydroxylation is 2. The van der Waals surface area contributed by atoms with E-state index in [9.17, 15) is 5.11 Å². The van der Waals surface area contributed by atoms with Gasteiger partial charge in [0.2, 0.25) is 0 Å². The molecule has 0 saturated heterocycles. The van der Waals surface area contributed by atoms with Gasteiger partial charge >= 0.3 is 0 Å².